The quantitative estimate of drug-likeness (QED) is 0.517. The Bertz CT molecular complexity index is 1230. The smallest absolute Gasteiger partial charge is 0.256 e. The fraction of sp³-hybridized carbons (Fsp3) is 0.0455. The Morgan fingerprint density at radius 3 is 2.37 bits per heavy atom. The van der Waals surface area contributed by atoms with Crippen molar-refractivity contribution in [2.24, 2.45) is 7.05 Å². The second-order valence-corrected chi connectivity index (χ2v) is 6.54. The van der Waals surface area contributed by atoms with E-state index in [4.69, 9.17) is 0 Å². The van der Waals surface area contributed by atoms with E-state index < -0.39 is 11.7 Å². The highest BCUT2D eigenvalue weighted by Crippen LogP contribution is 2.21. The summed E-state index contributed by atoms with van der Waals surface area (Å²) in [5.74, 6) is -0.678. The zero-order valence-electron chi connectivity index (χ0n) is 15.9. The number of hydrogen-bond acceptors (Lipinski definition) is 5. The Morgan fingerprint density at radius 1 is 0.933 bits per heavy atom. The van der Waals surface area contributed by atoms with Gasteiger partial charge in [-0.05, 0) is 52.9 Å². The predicted octanol–water partition coefficient (Wildman–Crippen LogP) is 3.50. The molecule has 4 aromatic rings. The second kappa shape index (κ2) is 8.04. The number of hydrogen-bond donors (Lipinski definition) is 1. The highest BCUT2D eigenvalue weighted by molar-refractivity contribution is 6.17. The minimum atomic E-state index is -0.436. The number of rotatable bonds is 5. The molecule has 0 bridgehead atoms. The van der Waals surface area contributed by atoms with E-state index in [1.54, 1.807) is 49.5 Å². The van der Waals surface area contributed by atoms with Gasteiger partial charge in [-0.3, -0.25) is 9.59 Å². The van der Waals surface area contributed by atoms with Gasteiger partial charge in [-0.1, -0.05) is 30.3 Å². The van der Waals surface area contributed by atoms with Crippen molar-refractivity contribution in [1.29, 1.82) is 0 Å². The molecule has 0 spiro atoms. The van der Waals surface area contributed by atoms with Gasteiger partial charge in [0.25, 0.3) is 5.91 Å². The lowest BCUT2D eigenvalue weighted by atomic mass is 9.98. The first kappa shape index (κ1) is 19.1. The van der Waals surface area contributed by atoms with Crippen molar-refractivity contribution in [1.82, 2.24) is 20.2 Å². The zero-order chi connectivity index (χ0) is 21.1. The van der Waals surface area contributed by atoms with Crippen LogP contribution in [0.5, 0.6) is 0 Å². The van der Waals surface area contributed by atoms with Crippen LogP contribution in [-0.2, 0) is 7.05 Å². The van der Waals surface area contributed by atoms with Gasteiger partial charge >= 0.3 is 0 Å². The van der Waals surface area contributed by atoms with Crippen LogP contribution >= 0.6 is 0 Å². The summed E-state index contributed by atoms with van der Waals surface area (Å²) in [6, 6.07) is 18.8. The Balaban J connectivity index is 1.61. The van der Waals surface area contributed by atoms with Crippen LogP contribution in [0.2, 0.25) is 0 Å². The lowest BCUT2D eigenvalue weighted by Gasteiger charge is -2.10. The molecule has 0 unspecified atom stereocenters. The summed E-state index contributed by atoms with van der Waals surface area (Å²) in [5, 5.41) is 14.2. The van der Waals surface area contributed by atoms with Crippen molar-refractivity contribution in [3.05, 3.63) is 95.3 Å². The van der Waals surface area contributed by atoms with Crippen molar-refractivity contribution < 1.29 is 14.0 Å². The number of aromatic nitrogens is 4. The molecular formula is C22H16FN5O2. The maximum absolute atomic E-state index is 13.2. The Hall–Kier alpha value is -4.20. The fourth-order valence-corrected chi connectivity index (χ4v) is 3.04. The average molecular weight is 401 g/mol. The van der Waals surface area contributed by atoms with E-state index in [2.05, 4.69) is 20.8 Å². The Morgan fingerprint density at radius 2 is 1.67 bits per heavy atom. The van der Waals surface area contributed by atoms with E-state index in [1.807, 2.05) is 6.07 Å². The summed E-state index contributed by atoms with van der Waals surface area (Å²) in [4.78, 5) is 25.8. The van der Waals surface area contributed by atoms with Crippen LogP contribution in [0.25, 0.3) is 11.4 Å². The number of carbonyl (C=O) groups excluding carboxylic acids is 2. The molecule has 8 heteroatoms. The number of benzene rings is 3. The third-order valence-electron chi connectivity index (χ3n) is 4.52. The molecule has 1 aromatic heterocycles. The maximum atomic E-state index is 13.2. The second-order valence-electron chi connectivity index (χ2n) is 6.54. The SMILES string of the molecule is Cn1nnnc1-c1cccc(NC(=O)c2ccccc2C(=O)c2ccc(F)cc2)c1. The van der Waals surface area contributed by atoms with Crippen LogP contribution in [0.3, 0.4) is 0 Å². The summed E-state index contributed by atoms with van der Waals surface area (Å²) in [7, 11) is 1.72. The molecule has 148 valence electrons. The van der Waals surface area contributed by atoms with E-state index >= 15 is 0 Å². The number of nitrogens with zero attached hydrogens (tertiary/aromatic N) is 4. The van der Waals surface area contributed by atoms with Gasteiger partial charge in [-0.2, -0.15) is 0 Å². The lowest BCUT2D eigenvalue weighted by Crippen LogP contribution is -2.17. The molecular weight excluding hydrogens is 385 g/mol. The molecule has 0 aliphatic heterocycles. The topological polar surface area (TPSA) is 89.8 Å². The van der Waals surface area contributed by atoms with E-state index in [-0.39, 0.29) is 16.9 Å². The predicted molar refractivity (Wildman–Crippen MR) is 108 cm³/mol. The van der Waals surface area contributed by atoms with Crippen LogP contribution < -0.4 is 5.32 Å². The van der Waals surface area contributed by atoms with Crippen LogP contribution in [0.15, 0.2) is 72.8 Å². The van der Waals surface area contributed by atoms with Gasteiger partial charge in [0, 0.05) is 29.4 Å². The van der Waals surface area contributed by atoms with E-state index in [9.17, 15) is 14.0 Å². The molecule has 0 aliphatic carbocycles. The molecule has 3 aromatic carbocycles. The van der Waals surface area contributed by atoms with Crippen LogP contribution in [0.1, 0.15) is 26.3 Å². The first-order chi connectivity index (χ1) is 14.5. The number of anilines is 1. The third kappa shape index (κ3) is 3.83. The van der Waals surface area contributed by atoms with Gasteiger partial charge in [0.1, 0.15) is 5.82 Å². The fourth-order valence-electron chi connectivity index (χ4n) is 3.04. The Kier molecular flexibility index (Phi) is 5.13. The summed E-state index contributed by atoms with van der Waals surface area (Å²) in [5.41, 5.74) is 2.02. The summed E-state index contributed by atoms with van der Waals surface area (Å²) < 4.78 is 14.7. The molecule has 30 heavy (non-hydrogen) atoms. The molecule has 0 atom stereocenters. The van der Waals surface area contributed by atoms with Gasteiger partial charge in [-0.15, -0.1) is 5.10 Å². The lowest BCUT2D eigenvalue weighted by molar-refractivity contribution is 0.0996. The molecule has 1 N–H and O–H groups in total. The molecule has 0 saturated carbocycles. The minimum absolute atomic E-state index is 0.220. The number of nitrogens with one attached hydrogen (secondary N) is 1. The van der Waals surface area contributed by atoms with Gasteiger partial charge in [0.15, 0.2) is 11.6 Å². The first-order valence-electron chi connectivity index (χ1n) is 9.06. The summed E-state index contributed by atoms with van der Waals surface area (Å²) >= 11 is 0. The van der Waals surface area contributed by atoms with Crippen molar-refractivity contribution in [2.45, 2.75) is 0 Å². The van der Waals surface area contributed by atoms with Crippen LogP contribution in [-0.4, -0.2) is 31.9 Å². The van der Waals surface area contributed by atoms with Crippen molar-refractivity contribution >= 4 is 17.4 Å². The normalized spacial score (nSPS) is 10.6. The number of amides is 1. The van der Waals surface area contributed by atoms with Gasteiger partial charge in [0.2, 0.25) is 0 Å². The third-order valence-corrected chi connectivity index (χ3v) is 4.52. The highest BCUT2D eigenvalue weighted by Gasteiger charge is 2.18. The van der Waals surface area contributed by atoms with Crippen molar-refractivity contribution in [2.75, 3.05) is 5.32 Å². The molecule has 1 amide bonds. The zero-order valence-corrected chi connectivity index (χ0v) is 15.9. The molecule has 7 nitrogen and oxygen atoms in total. The van der Waals surface area contributed by atoms with Gasteiger partial charge in [-0.25, -0.2) is 9.07 Å². The van der Waals surface area contributed by atoms with Crippen LogP contribution in [0.4, 0.5) is 10.1 Å². The maximum Gasteiger partial charge on any atom is 0.256 e. The van der Waals surface area contributed by atoms with E-state index in [0.717, 1.165) is 5.56 Å². The minimum Gasteiger partial charge on any atom is -0.322 e. The number of halogens is 1. The molecule has 0 aliphatic rings. The van der Waals surface area contributed by atoms with Crippen molar-refractivity contribution in [3.63, 3.8) is 0 Å². The molecule has 0 fully saturated rings. The highest BCUT2D eigenvalue weighted by atomic mass is 19.1. The molecule has 1 heterocycles. The largest absolute Gasteiger partial charge is 0.322 e. The summed E-state index contributed by atoms with van der Waals surface area (Å²) in [6.07, 6.45) is 0. The van der Waals surface area contributed by atoms with E-state index in [1.165, 1.54) is 28.9 Å². The summed E-state index contributed by atoms with van der Waals surface area (Å²) in [6.45, 7) is 0. The van der Waals surface area contributed by atoms with Crippen LogP contribution in [0, 0.1) is 5.82 Å². The number of aryl methyl sites for hydroxylation is 1. The standard InChI is InChI=1S/C22H16FN5O2/c1-28-21(25-26-27-28)15-5-4-6-17(13-15)24-22(30)19-8-3-2-7-18(19)20(29)14-9-11-16(23)12-10-14/h2-13H,1H3,(H,24,30). The van der Waals surface area contributed by atoms with Crippen molar-refractivity contribution in [3.8, 4) is 11.4 Å². The monoisotopic (exact) mass is 401 g/mol. The number of tetrazole rings is 1. The van der Waals surface area contributed by atoms with E-state index in [0.29, 0.717) is 17.1 Å². The number of ketones is 1. The number of carbonyl (C=O) groups is 2. The Labute approximate surface area is 171 Å². The molecule has 0 saturated heterocycles. The molecule has 0 radical (unpaired) electrons. The van der Waals surface area contributed by atoms with Gasteiger partial charge < -0.3 is 5.32 Å². The molecule has 4 rings (SSSR count). The first-order valence-corrected chi connectivity index (χ1v) is 9.06. The average Bonchev–Trinajstić information content (AvgIpc) is 3.20. The van der Waals surface area contributed by atoms with Gasteiger partial charge in [0.05, 0.1) is 5.56 Å².